The van der Waals surface area contributed by atoms with Crippen LogP contribution in [0.25, 0.3) is 0 Å². The lowest BCUT2D eigenvalue weighted by Gasteiger charge is -2.15. The third-order valence-corrected chi connectivity index (χ3v) is 7.41. The number of halogens is 1. The monoisotopic (exact) mass is 440 g/mol. The highest BCUT2D eigenvalue weighted by atomic mass is 32.2. The van der Waals surface area contributed by atoms with E-state index in [0.29, 0.717) is 19.1 Å². The molecule has 1 saturated heterocycles. The molecule has 2 fully saturated rings. The summed E-state index contributed by atoms with van der Waals surface area (Å²) in [7, 11) is -3.54. The zero-order valence-corrected chi connectivity index (χ0v) is 18.0. The lowest BCUT2D eigenvalue weighted by Crippen LogP contribution is -2.29. The van der Waals surface area contributed by atoms with E-state index in [1.54, 1.807) is 0 Å². The van der Waals surface area contributed by atoms with Crippen molar-refractivity contribution in [1.82, 2.24) is 10.2 Å². The lowest BCUT2D eigenvalue weighted by atomic mass is 10.1. The second-order valence-electron chi connectivity index (χ2n) is 8.36. The van der Waals surface area contributed by atoms with Crippen LogP contribution in [0.5, 0.6) is 5.75 Å². The molecule has 1 atom stereocenters. The Morgan fingerprint density at radius 3 is 2.67 bits per heavy atom. The second-order valence-corrected chi connectivity index (χ2v) is 10.4. The molecule has 1 aliphatic carbocycles. The average Bonchev–Trinajstić information content (AvgIpc) is 3.44. The first kappa shape index (κ1) is 22.5. The number of unbranched alkanes of at least 4 members (excludes halogenated alkanes) is 2. The van der Waals surface area contributed by atoms with Gasteiger partial charge in [-0.05, 0) is 49.7 Å². The van der Waals surface area contributed by atoms with Crippen LogP contribution in [-0.2, 0) is 14.6 Å². The summed E-state index contributed by atoms with van der Waals surface area (Å²) in [6.07, 6.45) is 5.31. The first-order valence-corrected chi connectivity index (χ1v) is 12.1. The molecule has 7 nitrogen and oxygen atoms in total. The standard InChI is InChI=1S/C21H29FN2O5S/c1-15(5-3-2-4-10-24-12-20(25)23-21(24)26)14-30(27,28)17-8-9-18(22)19(11-17)29-13-16-6-7-16/h8-9,11,15-16H,2-7,10,12-14H2,1H3,(H,23,25,26)/t15-/m0/s1. The van der Waals surface area contributed by atoms with Gasteiger partial charge >= 0.3 is 6.03 Å². The minimum atomic E-state index is -3.54. The van der Waals surface area contributed by atoms with Gasteiger partial charge in [-0.25, -0.2) is 17.6 Å². The molecule has 1 heterocycles. The van der Waals surface area contributed by atoms with Gasteiger partial charge < -0.3 is 9.64 Å². The smallest absolute Gasteiger partial charge is 0.324 e. The highest BCUT2D eigenvalue weighted by Gasteiger charge is 2.26. The number of nitrogens with zero attached hydrogens (tertiary/aromatic N) is 1. The Hall–Kier alpha value is -2.16. The fraction of sp³-hybridized carbons (Fsp3) is 0.619. The van der Waals surface area contributed by atoms with Gasteiger partial charge in [0.1, 0.15) is 6.54 Å². The number of rotatable bonds is 12. The fourth-order valence-electron chi connectivity index (χ4n) is 3.47. The maximum Gasteiger partial charge on any atom is 0.324 e. The van der Waals surface area contributed by atoms with E-state index in [2.05, 4.69) is 5.32 Å². The summed E-state index contributed by atoms with van der Waals surface area (Å²) in [5.41, 5.74) is 0. The third-order valence-electron chi connectivity index (χ3n) is 5.43. The molecule has 0 bridgehead atoms. The zero-order valence-electron chi connectivity index (χ0n) is 17.2. The van der Waals surface area contributed by atoms with Crippen LogP contribution >= 0.6 is 0 Å². The minimum Gasteiger partial charge on any atom is -0.490 e. The number of carbonyl (C=O) groups excluding carboxylic acids is 2. The summed E-state index contributed by atoms with van der Waals surface area (Å²) in [5, 5.41) is 2.24. The zero-order chi connectivity index (χ0) is 21.7. The summed E-state index contributed by atoms with van der Waals surface area (Å²) in [6, 6.07) is 3.39. The molecule has 166 valence electrons. The molecule has 0 unspecified atom stereocenters. The van der Waals surface area contributed by atoms with Crippen molar-refractivity contribution in [2.75, 3.05) is 25.4 Å². The molecule has 0 radical (unpaired) electrons. The molecule has 2 aliphatic rings. The van der Waals surface area contributed by atoms with Crippen LogP contribution in [0.4, 0.5) is 9.18 Å². The second kappa shape index (κ2) is 9.76. The number of ether oxygens (including phenoxy) is 1. The van der Waals surface area contributed by atoms with Gasteiger partial charge in [-0.2, -0.15) is 0 Å². The number of carbonyl (C=O) groups is 2. The van der Waals surface area contributed by atoms with Crippen molar-refractivity contribution < 1.29 is 27.1 Å². The van der Waals surface area contributed by atoms with Gasteiger partial charge in [0.25, 0.3) is 0 Å². The Kier molecular flexibility index (Phi) is 7.33. The van der Waals surface area contributed by atoms with Crippen LogP contribution in [0.2, 0.25) is 0 Å². The molecular formula is C21H29FN2O5S. The van der Waals surface area contributed by atoms with E-state index in [0.717, 1.165) is 44.6 Å². The Morgan fingerprint density at radius 1 is 1.23 bits per heavy atom. The van der Waals surface area contributed by atoms with E-state index >= 15 is 0 Å². The molecule has 9 heteroatoms. The van der Waals surface area contributed by atoms with Crippen LogP contribution in [0.3, 0.4) is 0 Å². The molecule has 0 spiro atoms. The molecule has 0 aromatic heterocycles. The van der Waals surface area contributed by atoms with Crippen molar-refractivity contribution in [3.05, 3.63) is 24.0 Å². The predicted octanol–water partition coefficient (Wildman–Crippen LogP) is 3.14. The van der Waals surface area contributed by atoms with E-state index in [4.69, 9.17) is 4.74 Å². The van der Waals surface area contributed by atoms with Crippen LogP contribution in [-0.4, -0.2) is 50.7 Å². The van der Waals surface area contributed by atoms with E-state index < -0.39 is 15.7 Å². The van der Waals surface area contributed by atoms with Crippen LogP contribution < -0.4 is 10.1 Å². The van der Waals surface area contributed by atoms with E-state index in [1.165, 1.54) is 17.0 Å². The van der Waals surface area contributed by atoms with Crippen molar-refractivity contribution in [2.45, 2.75) is 50.3 Å². The minimum absolute atomic E-state index is 0.0000550. The van der Waals surface area contributed by atoms with Crippen LogP contribution in [0.15, 0.2) is 23.1 Å². The summed E-state index contributed by atoms with van der Waals surface area (Å²) < 4.78 is 44.8. The highest BCUT2D eigenvalue weighted by molar-refractivity contribution is 7.91. The number of hydrogen-bond acceptors (Lipinski definition) is 5. The Morgan fingerprint density at radius 2 is 2.00 bits per heavy atom. The number of benzene rings is 1. The summed E-state index contributed by atoms with van der Waals surface area (Å²) >= 11 is 0. The Labute approximate surface area is 176 Å². The molecule has 30 heavy (non-hydrogen) atoms. The third kappa shape index (κ3) is 6.42. The molecular weight excluding hydrogens is 411 g/mol. The lowest BCUT2D eigenvalue weighted by molar-refractivity contribution is -0.118. The van der Waals surface area contributed by atoms with Crippen molar-refractivity contribution in [3.8, 4) is 5.75 Å². The Bertz CT molecular complexity index is 885. The number of hydrogen-bond donors (Lipinski definition) is 1. The van der Waals surface area contributed by atoms with Crippen molar-refractivity contribution in [1.29, 1.82) is 0 Å². The van der Waals surface area contributed by atoms with Crippen molar-refractivity contribution in [3.63, 3.8) is 0 Å². The first-order chi connectivity index (χ1) is 14.2. The topological polar surface area (TPSA) is 92.8 Å². The number of urea groups is 1. The predicted molar refractivity (Wildman–Crippen MR) is 109 cm³/mol. The van der Waals surface area contributed by atoms with Gasteiger partial charge in [-0.15, -0.1) is 0 Å². The number of nitrogens with one attached hydrogen (secondary N) is 1. The van der Waals surface area contributed by atoms with Crippen LogP contribution in [0.1, 0.15) is 45.4 Å². The number of imide groups is 1. The van der Waals surface area contributed by atoms with Gasteiger partial charge in [-0.3, -0.25) is 10.1 Å². The molecule has 1 aromatic rings. The number of amides is 3. The molecule has 1 N–H and O–H groups in total. The largest absolute Gasteiger partial charge is 0.490 e. The van der Waals surface area contributed by atoms with E-state index in [9.17, 15) is 22.4 Å². The summed E-state index contributed by atoms with van der Waals surface area (Å²) in [5.74, 6) is -0.432. The first-order valence-electron chi connectivity index (χ1n) is 10.5. The van der Waals surface area contributed by atoms with Gasteiger partial charge in [-0.1, -0.05) is 19.8 Å². The maximum absolute atomic E-state index is 13.9. The molecule has 1 aliphatic heterocycles. The summed E-state index contributed by atoms with van der Waals surface area (Å²) in [6.45, 7) is 2.93. The normalized spacial score (nSPS) is 17.9. The Balaban J connectivity index is 1.42. The molecule has 1 saturated carbocycles. The van der Waals surface area contributed by atoms with Gasteiger partial charge in [0.05, 0.1) is 17.3 Å². The van der Waals surface area contributed by atoms with Gasteiger partial charge in [0, 0.05) is 12.6 Å². The van der Waals surface area contributed by atoms with Crippen molar-refractivity contribution >= 4 is 21.8 Å². The van der Waals surface area contributed by atoms with Crippen LogP contribution in [0, 0.1) is 17.7 Å². The number of sulfone groups is 1. The van der Waals surface area contributed by atoms with Gasteiger partial charge in [0.15, 0.2) is 21.4 Å². The quantitative estimate of drug-likeness (QED) is 0.306. The summed E-state index contributed by atoms with van der Waals surface area (Å²) in [4.78, 5) is 24.2. The average molecular weight is 441 g/mol. The molecule has 1 aromatic carbocycles. The molecule has 3 rings (SSSR count). The van der Waals surface area contributed by atoms with Gasteiger partial charge in [0.2, 0.25) is 5.91 Å². The SMILES string of the molecule is C[C@@H](CCCCCN1CC(=O)NC1=O)CS(=O)(=O)c1ccc(F)c(OCC2CC2)c1. The van der Waals surface area contributed by atoms with Crippen molar-refractivity contribution in [2.24, 2.45) is 11.8 Å². The highest BCUT2D eigenvalue weighted by Crippen LogP contribution is 2.31. The maximum atomic E-state index is 13.9. The molecule has 3 amide bonds. The fourth-order valence-corrected chi connectivity index (χ4v) is 5.14. The van der Waals surface area contributed by atoms with E-state index in [-0.39, 0.29) is 40.8 Å². The van der Waals surface area contributed by atoms with E-state index in [1.807, 2.05) is 6.92 Å².